The van der Waals surface area contributed by atoms with Crippen LogP contribution < -0.4 is 0 Å². The summed E-state index contributed by atoms with van der Waals surface area (Å²) < 4.78 is 5.41. The summed E-state index contributed by atoms with van der Waals surface area (Å²) in [5.74, 6) is 3.09. The Morgan fingerprint density at radius 3 is 2.69 bits per heavy atom. The zero-order valence-electron chi connectivity index (χ0n) is 20.3. The van der Waals surface area contributed by atoms with Gasteiger partial charge in [0, 0.05) is 11.0 Å². The molecule has 0 spiro atoms. The molecule has 0 aromatic carbocycles. The first-order valence-corrected chi connectivity index (χ1v) is 13.6. The molecule has 0 radical (unpaired) electrons. The minimum Gasteiger partial charge on any atom is -0.472 e. The molecule has 7 atom stereocenters. The molecule has 6 rings (SSSR count). The third-order valence-corrected chi connectivity index (χ3v) is 11.3. The number of hydrogen-bond donors (Lipinski definition) is 1. The molecule has 32 heavy (non-hydrogen) atoms. The lowest BCUT2D eigenvalue weighted by Gasteiger charge is -2.60. The first-order chi connectivity index (χ1) is 15.4. The molecule has 5 aliphatic rings. The lowest BCUT2D eigenvalue weighted by molar-refractivity contribution is -0.133. The van der Waals surface area contributed by atoms with Crippen molar-refractivity contribution in [1.82, 2.24) is 4.90 Å². The van der Waals surface area contributed by atoms with Gasteiger partial charge in [-0.25, -0.2) is 0 Å². The molecule has 2 heterocycles. The van der Waals surface area contributed by atoms with Crippen molar-refractivity contribution in [3.05, 3.63) is 35.8 Å². The Bertz CT molecular complexity index is 855. The van der Waals surface area contributed by atoms with Gasteiger partial charge in [-0.15, -0.1) is 0 Å². The van der Waals surface area contributed by atoms with Crippen LogP contribution in [0.2, 0.25) is 0 Å². The maximum atomic E-state index is 11.9. The molecule has 4 aliphatic carbocycles. The van der Waals surface area contributed by atoms with Gasteiger partial charge in [-0.1, -0.05) is 25.5 Å². The predicted molar refractivity (Wildman–Crippen MR) is 128 cm³/mol. The van der Waals surface area contributed by atoms with E-state index in [9.17, 15) is 5.11 Å². The van der Waals surface area contributed by atoms with E-state index in [1.54, 1.807) is 18.1 Å². The van der Waals surface area contributed by atoms with Crippen LogP contribution in [0.1, 0.15) is 90.0 Å². The molecule has 1 aromatic rings. The van der Waals surface area contributed by atoms with E-state index in [0.717, 1.165) is 36.2 Å². The second-order valence-corrected chi connectivity index (χ2v) is 12.6. The van der Waals surface area contributed by atoms with E-state index in [1.807, 2.05) is 6.07 Å². The summed E-state index contributed by atoms with van der Waals surface area (Å²) in [4.78, 5) is 2.70. The topological polar surface area (TPSA) is 36.6 Å². The van der Waals surface area contributed by atoms with Gasteiger partial charge >= 0.3 is 0 Å². The fourth-order valence-electron chi connectivity index (χ4n) is 9.52. The third kappa shape index (κ3) is 3.06. The SMILES string of the molecule is C[C@]12CC(CCN3CCCC3)CC=C1CC[C@@H]1[C@H]2CC[C@@]2(C)[C@H]1CCC2(O)c1ccoc1. The van der Waals surface area contributed by atoms with E-state index in [-0.39, 0.29) is 5.41 Å². The molecule has 0 amide bonds. The molecular weight excluding hydrogens is 394 g/mol. The minimum atomic E-state index is -0.711. The molecule has 4 fully saturated rings. The normalized spacial score (nSPS) is 46.4. The van der Waals surface area contributed by atoms with Gasteiger partial charge in [0.1, 0.15) is 0 Å². The molecule has 176 valence electrons. The summed E-state index contributed by atoms with van der Waals surface area (Å²) in [6.07, 6.45) is 20.3. The van der Waals surface area contributed by atoms with Gasteiger partial charge in [0.2, 0.25) is 0 Å². The number of aliphatic hydroxyl groups is 1. The van der Waals surface area contributed by atoms with Crippen molar-refractivity contribution in [3.63, 3.8) is 0 Å². The van der Waals surface area contributed by atoms with Gasteiger partial charge in [-0.3, -0.25) is 0 Å². The Kier molecular flexibility index (Phi) is 5.19. The number of fused-ring (bicyclic) bond motifs is 5. The van der Waals surface area contributed by atoms with Gasteiger partial charge in [0.25, 0.3) is 0 Å². The fraction of sp³-hybridized carbons (Fsp3) is 0.793. The largest absolute Gasteiger partial charge is 0.472 e. The first kappa shape index (κ1) is 21.5. The molecule has 0 bridgehead atoms. The maximum absolute atomic E-state index is 11.9. The van der Waals surface area contributed by atoms with E-state index in [1.165, 1.54) is 77.4 Å². The number of furan rings is 1. The van der Waals surface area contributed by atoms with E-state index < -0.39 is 5.60 Å². The summed E-state index contributed by atoms with van der Waals surface area (Å²) in [7, 11) is 0. The summed E-state index contributed by atoms with van der Waals surface area (Å²) >= 11 is 0. The molecule has 1 aromatic heterocycles. The van der Waals surface area contributed by atoms with Crippen molar-refractivity contribution in [1.29, 1.82) is 0 Å². The highest BCUT2D eigenvalue weighted by atomic mass is 16.3. The number of rotatable bonds is 4. The average molecular weight is 438 g/mol. The Hall–Kier alpha value is -1.06. The zero-order valence-corrected chi connectivity index (χ0v) is 20.3. The molecular formula is C29H43NO2. The van der Waals surface area contributed by atoms with Crippen LogP contribution in [-0.2, 0) is 5.60 Å². The maximum Gasteiger partial charge on any atom is 0.0983 e. The van der Waals surface area contributed by atoms with Gasteiger partial charge in [0.15, 0.2) is 0 Å². The Labute approximate surface area is 194 Å². The molecule has 1 aliphatic heterocycles. The Balaban J connectivity index is 1.22. The minimum absolute atomic E-state index is 0.0144. The zero-order chi connectivity index (χ0) is 22.0. The summed E-state index contributed by atoms with van der Waals surface area (Å²) in [6, 6.07) is 2.01. The van der Waals surface area contributed by atoms with E-state index >= 15 is 0 Å². The third-order valence-electron chi connectivity index (χ3n) is 11.3. The first-order valence-electron chi connectivity index (χ1n) is 13.6. The molecule has 1 N–H and O–H groups in total. The second-order valence-electron chi connectivity index (χ2n) is 12.6. The summed E-state index contributed by atoms with van der Waals surface area (Å²) in [5, 5.41) is 11.9. The smallest absolute Gasteiger partial charge is 0.0983 e. The van der Waals surface area contributed by atoms with Crippen LogP contribution >= 0.6 is 0 Å². The van der Waals surface area contributed by atoms with Crippen LogP contribution in [0.5, 0.6) is 0 Å². The van der Waals surface area contributed by atoms with Crippen LogP contribution in [-0.4, -0.2) is 29.6 Å². The van der Waals surface area contributed by atoms with Gasteiger partial charge in [-0.2, -0.15) is 0 Å². The number of nitrogens with zero attached hydrogens (tertiary/aromatic N) is 1. The van der Waals surface area contributed by atoms with Crippen molar-refractivity contribution < 1.29 is 9.52 Å². The molecule has 3 saturated carbocycles. The van der Waals surface area contributed by atoms with Crippen molar-refractivity contribution in [2.24, 2.45) is 34.5 Å². The van der Waals surface area contributed by atoms with Crippen molar-refractivity contribution in [3.8, 4) is 0 Å². The molecule has 1 saturated heterocycles. The highest BCUT2D eigenvalue weighted by molar-refractivity contribution is 5.29. The standard InChI is InChI=1S/C29H43NO2/c1-27-19-21(11-17-30-15-3-4-16-30)5-6-22(27)7-8-24-25(27)9-13-28(2)26(24)10-14-29(28,31)23-12-18-32-20-23/h6,12,18,20-21,24-26,31H,3-5,7-11,13-17,19H2,1-2H3/t21?,24-,25-,26+,27+,28+,29?/m1/s1. The number of likely N-dealkylation sites (tertiary alicyclic amines) is 1. The van der Waals surface area contributed by atoms with Crippen LogP contribution in [0.15, 0.2) is 34.7 Å². The quantitative estimate of drug-likeness (QED) is 0.544. The van der Waals surface area contributed by atoms with Crippen molar-refractivity contribution >= 4 is 0 Å². The molecule has 2 unspecified atom stereocenters. The lowest BCUT2D eigenvalue weighted by atomic mass is 9.45. The number of allylic oxidation sites excluding steroid dienone is 2. The fourth-order valence-corrected chi connectivity index (χ4v) is 9.52. The van der Waals surface area contributed by atoms with E-state index in [2.05, 4.69) is 24.8 Å². The Morgan fingerprint density at radius 2 is 1.91 bits per heavy atom. The molecule has 3 heteroatoms. The van der Waals surface area contributed by atoms with Crippen molar-refractivity contribution in [2.45, 2.75) is 90.1 Å². The van der Waals surface area contributed by atoms with Crippen LogP contribution in [0, 0.1) is 34.5 Å². The molecule has 3 nitrogen and oxygen atoms in total. The van der Waals surface area contributed by atoms with Crippen LogP contribution in [0.3, 0.4) is 0 Å². The van der Waals surface area contributed by atoms with Gasteiger partial charge in [0.05, 0.1) is 18.1 Å². The van der Waals surface area contributed by atoms with E-state index in [0.29, 0.717) is 11.3 Å². The Morgan fingerprint density at radius 1 is 1.09 bits per heavy atom. The predicted octanol–water partition coefficient (Wildman–Crippen LogP) is 6.53. The average Bonchev–Trinajstić information content (AvgIpc) is 3.54. The van der Waals surface area contributed by atoms with Crippen molar-refractivity contribution in [2.75, 3.05) is 19.6 Å². The number of hydrogen-bond acceptors (Lipinski definition) is 3. The van der Waals surface area contributed by atoms with Crippen LogP contribution in [0.4, 0.5) is 0 Å². The van der Waals surface area contributed by atoms with Crippen LogP contribution in [0.25, 0.3) is 0 Å². The summed E-state index contributed by atoms with van der Waals surface area (Å²) in [6.45, 7) is 9.01. The highest BCUT2D eigenvalue weighted by Crippen LogP contribution is 2.69. The summed E-state index contributed by atoms with van der Waals surface area (Å²) in [5.41, 5.74) is 2.48. The van der Waals surface area contributed by atoms with Gasteiger partial charge < -0.3 is 14.4 Å². The highest BCUT2D eigenvalue weighted by Gasteiger charge is 2.64. The second kappa shape index (κ2) is 7.73. The lowest BCUT2D eigenvalue weighted by Crippen LogP contribution is -2.54. The monoisotopic (exact) mass is 437 g/mol. The van der Waals surface area contributed by atoms with Gasteiger partial charge in [-0.05, 0) is 125 Å². The van der Waals surface area contributed by atoms with E-state index in [4.69, 9.17) is 4.42 Å².